The molecule has 1 aliphatic carbocycles. The van der Waals surface area contributed by atoms with Crippen LogP contribution in [0.15, 0.2) is 47.1 Å². The number of amides is 1. The second-order valence-electron chi connectivity index (χ2n) is 7.18. The summed E-state index contributed by atoms with van der Waals surface area (Å²) in [6, 6.07) is 9.37. The molecule has 1 aliphatic heterocycles. The molecular weight excluding hydrogens is 321 g/mol. The van der Waals surface area contributed by atoms with E-state index in [0.29, 0.717) is 18.7 Å². The molecule has 4 nitrogen and oxygen atoms in total. The molecule has 1 amide bonds. The summed E-state index contributed by atoms with van der Waals surface area (Å²) < 4.78 is 18.7. The van der Waals surface area contributed by atoms with Gasteiger partial charge < -0.3 is 14.4 Å². The fourth-order valence-corrected chi connectivity index (χ4v) is 4.52. The van der Waals surface area contributed by atoms with Gasteiger partial charge in [0, 0.05) is 12.5 Å². The molecule has 0 spiro atoms. The van der Waals surface area contributed by atoms with E-state index in [2.05, 4.69) is 0 Å². The quantitative estimate of drug-likeness (QED) is 0.899. The predicted molar refractivity (Wildman–Crippen MR) is 90.4 cm³/mol. The normalized spacial score (nSPS) is 29.3. The summed E-state index contributed by atoms with van der Waals surface area (Å²) >= 11 is 0. The van der Waals surface area contributed by atoms with Crippen LogP contribution in [0.1, 0.15) is 54.3 Å². The summed E-state index contributed by atoms with van der Waals surface area (Å²) in [7, 11) is 0. The Hall–Kier alpha value is -2.14. The van der Waals surface area contributed by atoms with E-state index in [4.69, 9.17) is 4.42 Å². The van der Waals surface area contributed by atoms with Crippen molar-refractivity contribution in [1.82, 2.24) is 4.90 Å². The molecule has 132 valence electrons. The van der Waals surface area contributed by atoms with Gasteiger partial charge in [0.2, 0.25) is 0 Å². The van der Waals surface area contributed by atoms with Gasteiger partial charge in [0.15, 0.2) is 5.76 Å². The molecule has 0 bridgehead atoms. The number of piperidine rings is 1. The van der Waals surface area contributed by atoms with Gasteiger partial charge in [-0.25, -0.2) is 4.39 Å². The van der Waals surface area contributed by atoms with Crippen molar-refractivity contribution in [1.29, 1.82) is 0 Å². The van der Waals surface area contributed by atoms with Crippen molar-refractivity contribution in [2.45, 2.75) is 43.7 Å². The molecule has 2 aromatic rings. The average molecular weight is 343 g/mol. The second kappa shape index (κ2) is 6.30. The van der Waals surface area contributed by atoms with E-state index in [-0.39, 0.29) is 23.7 Å². The lowest BCUT2D eigenvalue weighted by Gasteiger charge is -2.52. The summed E-state index contributed by atoms with van der Waals surface area (Å²) in [5.41, 5.74) is 0.114. The Morgan fingerprint density at radius 2 is 2.00 bits per heavy atom. The van der Waals surface area contributed by atoms with Crippen LogP contribution in [-0.4, -0.2) is 28.1 Å². The molecule has 1 aromatic carbocycles. The highest BCUT2D eigenvalue weighted by Crippen LogP contribution is 2.49. The highest BCUT2D eigenvalue weighted by molar-refractivity contribution is 5.91. The highest BCUT2D eigenvalue weighted by Gasteiger charge is 2.50. The maximum atomic E-state index is 13.4. The third-order valence-electron chi connectivity index (χ3n) is 5.77. The van der Waals surface area contributed by atoms with Gasteiger partial charge in [-0.3, -0.25) is 4.79 Å². The topological polar surface area (TPSA) is 53.7 Å². The molecular formula is C20H22FNO3. The summed E-state index contributed by atoms with van der Waals surface area (Å²) in [4.78, 5) is 14.8. The van der Waals surface area contributed by atoms with Gasteiger partial charge in [-0.15, -0.1) is 0 Å². The van der Waals surface area contributed by atoms with Gasteiger partial charge in [-0.1, -0.05) is 25.0 Å². The van der Waals surface area contributed by atoms with E-state index in [9.17, 15) is 14.3 Å². The van der Waals surface area contributed by atoms with Crippen LogP contribution in [0.4, 0.5) is 4.39 Å². The van der Waals surface area contributed by atoms with Gasteiger partial charge in [-0.2, -0.15) is 0 Å². The molecule has 1 N–H and O–H groups in total. The molecule has 2 fully saturated rings. The summed E-state index contributed by atoms with van der Waals surface area (Å²) in [6.07, 6.45) is 5.73. The van der Waals surface area contributed by atoms with Gasteiger partial charge >= 0.3 is 0 Å². The monoisotopic (exact) mass is 343 g/mol. The van der Waals surface area contributed by atoms with E-state index in [1.807, 2.05) is 0 Å². The van der Waals surface area contributed by atoms with Gasteiger partial charge in [0.25, 0.3) is 5.91 Å². The molecule has 3 atom stereocenters. The van der Waals surface area contributed by atoms with Gasteiger partial charge in [0.1, 0.15) is 5.82 Å². The third-order valence-corrected chi connectivity index (χ3v) is 5.77. The summed E-state index contributed by atoms with van der Waals surface area (Å²) in [5.74, 6) is -0.220. The zero-order valence-electron chi connectivity index (χ0n) is 14.0. The lowest BCUT2D eigenvalue weighted by molar-refractivity contribution is -0.115. The number of aliphatic hydroxyl groups is 1. The Bertz CT molecular complexity index is 743. The molecule has 2 heterocycles. The standard InChI is InChI=1S/C20H22FNO3/c21-15-8-6-14(7-9-15)18-16-4-1-2-10-20(16,24)11-12-22(18)19(23)17-5-3-13-25-17/h3,5-9,13,16,18,24H,1-2,4,10-12H2/t16-,18-,20-/m1/s1. The number of hydrogen-bond donors (Lipinski definition) is 1. The van der Waals surface area contributed by atoms with Crippen molar-refractivity contribution >= 4 is 5.91 Å². The zero-order valence-corrected chi connectivity index (χ0v) is 14.0. The lowest BCUT2D eigenvalue weighted by atomic mass is 9.66. The first-order chi connectivity index (χ1) is 12.1. The van der Waals surface area contributed by atoms with E-state index < -0.39 is 5.60 Å². The number of carbonyl (C=O) groups excluding carboxylic acids is 1. The fraction of sp³-hybridized carbons (Fsp3) is 0.450. The molecule has 4 rings (SSSR count). The molecule has 2 aliphatic rings. The SMILES string of the molecule is O=C(c1ccco1)N1CC[C@]2(O)CCCC[C@@H]2[C@H]1c1ccc(F)cc1. The average Bonchev–Trinajstić information content (AvgIpc) is 3.15. The first kappa shape index (κ1) is 16.3. The number of benzene rings is 1. The molecule has 25 heavy (non-hydrogen) atoms. The second-order valence-corrected chi connectivity index (χ2v) is 7.18. The molecule has 0 unspecified atom stereocenters. The van der Waals surface area contributed by atoms with E-state index in [0.717, 1.165) is 31.2 Å². The number of fused-ring (bicyclic) bond motifs is 1. The Kier molecular flexibility index (Phi) is 4.12. The van der Waals surface area contributed by atoms with Crippen LogP contribution < -0.4 is 0 Å². The Balaban J connectivity index is 1.74. The van der Waals surface area contributed by atoms with Crippen LogP contribution in [0.2, 0.25) is 0 Å². The smallest absolute Gasteiger partial charge is 0.290 e. The number of furan rings is 1. The van der Waals surface area contributed by atoms with Crippen LogP contribution in [0.25, 0.3) is 0 Å². The first-order valence-electron chi connectivity index (χ1n) is 8.91. The van der Waals surface area contributed by atoms with Crippen LogP contribution in [0.5, 0.6) is 0 Å². The maximum Gasteiger partial charge on any atom is 0.290 e. The van der Waals surface area contributed by atoms with Crippen molar-refractivity contribution in [3.05, 3.63) is 59.8 Å². The number of likely N-dealkylation sites (tertiary alicyclic amines) is 1. The first-order valence-corrected chi connectivity index (χ1v) is 8.91. The van der Waals surface area contributed by atoms with Crippen molar-refractivity contribution in [3.63, 3.8) is 0 Å². The number of hydrogen-bond acceptors (Lipinski definition) is 3. The summed E-state index contributed by atoms with van der Waals surface area (Å²) in [6.45, 7) is 0.467. The highest BCUT2D eigenvalue weighted by atomic mass is 19.1. The maximum absolute atomic E-state index is 13.4. The van der Waals surface area contributed by atoms with Gasteiger partial charge in [-0.05, 0) is 49.1 Å². The van der Waals surface area contributed by atoms with E-state index in [1.54, 1.807) is 29.2 Å². The minimum absolute atomic E-state index is 0.0422. The van der Waals surface area contributed by atoms with Crippen LogP contribution in [-0.2, 0) is 0 Å². The zero-order chi connectivity index (χ0) is 17.4. The van der Waals surface area contributed by atoms with Crippen molar-refractivity contribution in [3.8, 4) is 0 Å². The minimum atomic E-state index is -0.753. The number of halogens is 1. The van der Waals surface area contributed by atoms with Gasteiger partial charge in [0.05, 0.1) is 17.9 Å². The number of nitrogens with zero attached hydrogens (tertiary/aromatic N) is 1. The molecule has 1 saturated heterocycles. The van der Waals surface area contributed by atoms with Crippen LogP contribution in [0, 0.1) is 11.7 Å². The third kappa shape index (κ3) is 2.86. The van der Waals surface area contributed by atoms with Crippen LogP contribution >= 0.6 is 0 Å². The summed E-state index contributed by atoms with van der Waals surface area (Å²) in [5, 5.41) is 11.2. The van der Waals surface area contributed by atoms with E-state index >= 15 is 0 Å². The number of carbonyl (C=O) groups is 1. The van der Waals surface area contributed by atoms with E-state index in [1.165, 1.54) is 18.4 Å². The Labute approximate surface area is 146 Å². The largest absolute Gasteiger partial charge is 0.459 e. The predicted octanol–water partition coefficient (Wildman–Crippen LogP) is 3.93. The molecule has 0 radical (unpaired) electrons. The Morgan fingerprint density at radius 1 is 1.20 bits per heavy atom. The van der Waals surface area contributed by atoms with Crippen molar-refractivity contribution in [2.75, 3.05) is 6.54 Å². The number of rotatable bonds is 2. The van der Waals surface area contributed by atoms with Crippen LogP contribution in [0.3, 0.4) is 0 Å². The molecule has 1 aromatic heterocycles. The van der Waals surface area contributed by atoms with Crippen molar-refractivity contribution < 1.29 is 18.7 Å². The lowest BCUT2D eigenvalue weighted by Crippen LogP contribution is -2.56. The Morgan fingerprint density at radius 3 is 2.72 bits per heavy atom. The van der Waals surface area contributed by atoms with Crippen molar-refractivity contribution in [2.24, 2.45) is 5.92 Å². The fourth-order valence-electron chi connectivity index (χ4n) is 4.52. The molecule has 1 saturated carbocycles. The molecule has 5 heteroatoms. The minimum Gasteiger partial charge on any atom is -0.459 e.